The molecule has 1 fully saturated rings. The second-order valence-corrected chi connectivity index (χ2v) is 5.07. The highest BCUT2D eigenvalue weighted by atomic mass is 16.5. The first-order valence-electron chi connectivity index (χ1n) is 6.78. The van der Waals surface area contributed by atoms with Crippen molar-refractivity contribution in [1.29, 1.82) is 0 Å². The molecule has 0 saturated carbocycles. The molecular weight excluding hydrogens is 244 g/mol. The maximum atomic E-state index is 12.1. The Labute approximate surface area is 113 Å². The third-order valence-corrected chi connectivity index (χ3v) is 3.58. The van der Waals surface area contributed by atoms with E-state index >= 15 is 0 Å². The van der Waals surface area contributed by atoms with E-state index in [1.54, 1.807) is 6.26 Å². The SMILES string of the molecule is CNC1COCC1C(=O)NC(C)CCc1ccco1. The smallest absolute Gasteiger partial charge is 0.227 e. The zero-order valence-corrected chi connectivity index (χ0v) is 11.5. The van der Waals surface area contributed by atoms with Gasteiger partial charge in [0.05, 0.1) is 25.4 Å². The molecule has 0 bridgehead atoms. The highest BCUT2D eigenvalue weighted by molar-refractivity contribution is 5.80. The minimum atomic E-state index is -0.0870. The van der Waals surface area contributed by atoms with Gasteiger partial charge in [-0.15, -0.1) is 0 Å². The molecule has 1 aromatic rings. The molecule has 1 amide bonds. The second kappa shape index (κ2) is 6.73. The van der Waals surface area contributed by atoms with Crippen molar-refractivity contribution in [2.75, 3.05) is 20.3 Å². The van der Waals surface area contributed by atoms with E-state index in [1.165, 1.54) is 0 Å². The summed E-state index contributed by atoms with van der Waals surface area (Å²) in [5.41, 5.74) is 0. The average Bonchev–Trinajstić information content (AvgIpc) is 3.07. The molecule has 0 spiro atoms. The van der Waals surface area contributed by atoms with Gasteiger partial charge in [0.25, 0.3) is 0 Å². The lowest BCUT2D eigenvalue weighted by atomic mass is 10.0. The predicted molar refractivity (Wildman–Crippen MR) is 71.8 cm³/mol. The van der Waals surface area contributed by atoms with E-state index in [2.05, 4.69) is 10.6 Å². The summed E-state index contributed by atoms with van der Waals surface area (Å²) in [6.45, 7) is 3.13. The molecule has 1 aliphatic rings. The molecule has 2 rings (SSSR count). The molecule has 3 atom stereocenters. The van der Waals surface area contributed by atoms with E-state index in [0.29, 0.717) is 13.2 Å². The summed E-state index contributed by atoms with van der Waals surface area (Å²) in [7, 11) is 1.86. The predicted octanol–water partition coefficient (Wildman–Crippen LogP) is 0.951. The van der Waals surface area contributed by atoms with E-state index in [-0.39, 0.29) is 23.9 Å². The van der Waals surface area contributed by atoms with Gasteiger partial charge in [-0.2, -0.15) is 0 Å². The van der Waals surface area contributed by atoms with Gasteiger partial charge in [0.2, 0.25) is 5.91 Å². The molecule has 5 heteroatoms. The van der Waals surface area contributed by atoms with Gasteiger partial charge in [-0.25, -0.2) is 0 Å². The van der Waals surface area contributed by atoms with Gasteiger partial charge in [-0.05, 0) is 32.5 Å². The third-order valence-electron chi connectivity index (χ3n) is 3.58. The number of amides is 1. The topological polar surface area (TPSA) is 63.5 Å². The Kier molecular flexibility index (Phi) is 4.99. The zero-order chi connectivity index (χ0) is 13.7. The fraction of sp³-hybridized carbons (Fsp3) is 0.643. The fourth-order valence-electron chi connectivity index (χ4n) is 2.33. The van der Waals surface area contributed by atoms with Crippen LogP contribution in [-0.4, -0.2) is 38.3 Å². The van der Waals surface area contributed by atoms with Crippen LogP contribution in [0.15, 0.2) is 22.8 Å². The lowest BCUT2D eigenvalue weighted by Gasteiger charge is -2.19. The quantitative estimate of drug-likeness (QED) is 0.805. The molecule has 2 N–H and O–H groups in total. The molecule has 106 valence electrons. The number of aryl methyl sites for hydroxylation is 1. The third kappa shape index (κ3) is 3.81. The summed E-state index contributed by atoms with van der Waals surface area (Å²) in [5, 5.41) is 6.17. The van der Waals surface area contributed by atoms with E-state index in [0.717, 1.165) is 18.6 Å². The summed E-state index contributed by atoms with van der Waals surface area (Å²) in [5.74, 6) is 0.943. The molecular formula is C14H22N2O3. The number of carbonyl (C=O) groups is 1. The number of likely N-dealkylation sites (N-methyl/N-ethyl adjacent to an activating group) is 1. The van der Waals surface area contributed by atoms with Gasteiger partial charge in [-0.1, -0.05) is 0 Å². The maximum absolute atomic E-state index is 12.1. The number of furan rings is 1. The summed E-state index contributed by atoms with van der Waals surface area (Å²) >= 11 is 0. The standard InChI is InChI=1S/C14H22N2O3/c1-10(5-6-11-4-3-7-19-11)16-14(17)12-8-18-9-13(12)15-2/h3-4,7,10,12-13,15H,5-6,8-9H2,1-2H3,(H,16,17). The molecule has 19 heavy (non-hydrogen) atoms. The van der Waals surface area contributed by atoms with Crippen molar-refractivity contribution in [2.24, 2.45) is 5.92 Å². The normalized spacial score (nSPS) is 24.3. The lowest BCUT2D eigenvalue weighted by molar-refractivity contribution is -0.126. The number of carbonyl (C=O) groups excluding carboxylic acids is 1. The monoisotopic (exact) mass is 266 g/mol. The Bertz CT molecular complexity index is 391. The van der Waals surface area contributed by atoms with Gasteiger partial charge in [-0.3, -0.25) is 4.79 Å². The van der Waals surface area contributed by atoms with Crippen molar-refractivity contribution >= 4 is 5.91 Å². The molecule has 2 heterocycles. The molecule has 0 aromatic carbocycles. The van der Waals surface area contributed by atoms with Crippen molar-refractivity contribution in [1.82, 2.24) is 10.6 Å². The van der Waals surface area contributed by atoms with Gasteiger partial charge in [0, 0.05) is 18.5 Å². The molecule has 1 aliphatic heterocycles. The highest BCUT2D eigenvalue weighted by Gasteiger charge is 2.33. The molecule has 1 aromatic heterocycles. The Balaban J connectivity index is 1.75. The van der Waals surface area contributed by atoms with Crippen molar-refractivity contribution in [3.63, 3.8) is 0 Å². The molecule has 1 saturated heterocycles. The summed E-state index contributed by atoms with van der Waals surface area (Å²) in [4.78, 5) is 12.1. The zero-order valence-electron chi connectivity index (χ0n) is 11.5. The van der Waals surface area contributed by atoms with E-state index in [4.69, 9.17) is 9.15 Å². The molecule has 0 aliphatic carbocycles. The van der Waals surface area contributed by atoms with Gasteiger partial charge in [0.1, 0.15) is 5.76 Å². The Morgan fingerprint density at radius 2 is 2.37 bits per heavy atom. The van der Waals surface area contributed by atoms with Crippen LogP contribution in [0, 0.1) is 5.92 Å². The molecule has 5 nitrogen and oxygen atoms in total. The average molecular weight is 266 g/mol. The first-order chi connectivity index (χ1) is 9.20. The largest absolute Gasteiger partial charge is 0.469 e. The van der Waals surface area contributed by atoms with Crippen molar-refractivity contribution < 1.29 is 13.9 Å². The van der Waals surface area contributed by atoms with Gasteiger partial charge >= 0.3 is 0 Å². The van der Waals surface area contributed by atoms with E-state index in [9.17, 15) is 4.79 Å². The number of nitrogens with one attached hydrogen (secondary N) is 2. The highest BCUT2D eigenvalue weighted by Crippen LogP contribution is 2.14. The van der Waals surface area contributed by atoms with Gasteiger partial charge in [0.15, 0.2) is 0 Å². The van der Waals surface area contributed by atoms with Gasteiger partial charge < -0.3 is 19.8 Å². The van der Waals surface area contributed by atoms with Crippen molar-refractivity contribution in [3.8, 4) is 0 Å². The van der Waals surface area contributed by atoms with Crippen LogP contribution >= 0.6 is 0 Å². The fourth-order valence-corrected chi connectivity index (χ4v) is 2.33. The van der Waals surface area contributed by atoms with Crippen LogP contribution in [0.5, 0.6) is 0 Å². The second-order valence-electron chi connectivity index (χ2n) is 5.07. The van der Waals surface area contributed by atoms with Crippen LogP contribution in [0.1, 0.15) is 19.1 Å². The Morgan fingerprint density at radius 3 is 3.05 bits per heavy atom. The number of hydrogen-bond acceptors (Lipinski definition) is 4. The summed E-state index contributed by atoms with van der Waals surface area (Å²) in [6.07, 6.45) is 3.38. The summed E-state index contributed by atoms with van der Waals surface area (Å²) < 4.78 is 10.6. The number of rotatable bonds is 6. The lowest BCUT2D eigenvalue weighted by Crippen LogP contribution is -2.45. The summed E-state index contributed by atoms with van der Waals surface area (Å²) in [6, 6.07) is 4.09. The molecule has 3 unspecified atom stereocenters. The van der Waals surface area contributed by atoms with Crippen LogP contribution in [0.4, 0.5) is 0 Å². The van der Waals surface area contributed by atoms with Crippen LogP contribution < -0.4 is 10.6 Å². The minimum absolute atomic E-state index is 0.0730. The van der Waals surface area contributed by atoms with Crippen molar-refractivity contribution in [2.45, 2.75) is 31.8 Å². The maximum Gasteiger partial charge on any atom is 0.227 e. The van der Waals surface area contributed by atoms with Crippen LogP contribution in [0.25, 0.3) is 0 Å². The van der Waals surface area contributed by atoms with Crippen LogP contribution in [0.2, 0.25) is 0 Å². The first kappa shape index (κ1) is 14.1. The molecule has 0 radical (unpaired) electrons. The Morgan fingerprint density at radius 1 is 1.53 bits per heavy atom. The first-order valence-corrected chi connectivity index (χ1v) is 6.78. The number of hydrogen-bond donors (Lipinski definition) is 2. The van der Waals surface area contributed by atoms with Crippen LogP contribution in [-0.2, 0) is 16.0 Å². The van der Waals surface area contributed by atoms with Crippen LogP contribution in [0.3, 0.4) is 0 Å². The Hall–Kier alpha value is -1.33. The van der Waals surface area contributed by atoms with E-state index < -0.39 is 0 Å². The van der Waals surface area contributed by atoms with Crippen molar-refractivity contribution in [3.05, 3.63) is 24.2 Å². The van der Waals surface area contributed by atoms with E-state index in [1.807, 2.05) is 26.1 Å². The minimum Gasteiger partial charge on any atom is -0.469 e. The number of ether oxygens (including phenoxy) is 1.